The van der Waals surface area contributed by atoms with Crippen LogP contribution >= 0.6 is 10.7 Å². The zero-order valence-corrected chi connectivity index (χ0v) is 13.4. The number of halogens is 1. The number of fused-ring (bicyclic) bond motifs is 1. The van der Waals surface area contributed by atoms with E-state index in [0.29, 0.717) is 5.39 Å². The molecule has 0 saturated carbocycles. The summed E-state index contributed by atoms with van der Waals surface area (Å²) in [6, 6.07) is 15.3. The van der Waals surface area contributed by atoms with Crippen molar-refractivity contribution in [3.8, 4) is 0 Å². The first kappa shape index (κ1) is 15.1. The number of para-hydroxylation sites is 1. The molecule has 0 N–H and O–H groups in total. The summed E-state index contributed by atoms with van der Waals surface area (Å²) in [4.78, 5) is -0.0158. The van der Waals surface area contributed by atoms with Gasteiger partial charge in [-0.1, -0.05) is 36.4 Å². The number of nitrogens with zero attached hydrogens (tertiary/aromatic N) is 1. The molecule has 0 aliphatic carbocycles. The molecule has 22 heavy (non-hydrogen) atoms. The van der Waals surface area contributed by atoms with Gasteiger partial charge in [-0.25, -0.2) is 20.8 Å². The monoisotopic (exact) mass is 355 g/mol. The van der Waals surface area contributed by atoms with Crippen molar-refractivity contribution in [1.29, 1.82) is 0 Å². The molecule has 8 heteroatoms. The van der Waals surface area contributed by atoms with E-state index in [-0.39, 0.29) is 10.4 Å². The van der Waals surface area contributed by atoms with Gasteiger partial charge in [0, 0.05) is 16.1 Å². The smallest absolute Gasteiger partial charge is 0.221 e. The molecule has 1 aromatic heterocycles. The third-order valence-electron chi connectivity index (χ3n) is 3.17. The standard InChI is InChI=1S/C14H10ClNO4S2/c15-21(17,18)14-10-11-6-4-5-9-13(11)16(14)22(19,20)12-7-2-1-3-8-12/h1-10H. The molecular formula is C14H10ClNO4S2. The van der Waals surface area contributed by atoms with Crippen molar-refractivity contribution in [2.24, 2.45) is 0 Å². The molecule has 0 aliphatic heterocycles. The van der Waals surface area contributed by atoms with Gasteiger partial charge < -0.3 is 0 Å². The van der Waals surface area contributed by atoms with E-state index >= 15 is 0 Å². The third kappa shape index (κ3) is 2.41. The molecule has 0 saturated heterocycles. The molecule has 2 aromatic carbocycles. The minimum Gasteiger partial charge on any atom is -0.221 e. The lowest BCUT2D eigenvalue weighted by Gasteiger charge is -2.10. The summed E-state index contributed by atoms with van der Waals surface area (Å²) in [6.45, 7) is 0. The van der Waals surface area contributed by atoms with Crippen LogP contribution in [0.1, 0.15) is 0 Å². The maximum absolute atomic E-state index is 12.8. The van der Waals surface area contributed by atoms with Gasteiger partial charge in [-0.05, 0) is 24.3 Å². The van der Waals surface area contributed by atoms with Gasteiger partial charge in [-0.2, -0.15) is 0 Å². The first-order valence-corrected chi connectivity index (χ1v) is 9.92. The normalized spacial score (nSPS) is 12.6. The Morgan fingerprint density at radius 1 is 0.818 bits per heavy atom. The van der Waals surface area contributed by atoms with Gasteiger partial charge in [-0.3, -0.25) is 0 Å². The SMILES string of the molecule is O=S(=O)(Cl)c1cc2ccccc2n1S(=O)(=O)c1ccccc1. The second-order valence-corrected chi connectivity index (χ2v) is 8.86. The van der Waals surface area contributed by atoms with Gasteiger partial charge in [0.2, 0.25) is 0 Å². The fourth-order valence-corrected chi connectivity index (χ4v) is 5.26. The molecule has 0 atom stereocenters. The summed E-state index contributed by atoms with van der Waals surface area (Å²) in [5, 5.41) is 0.000417. The lowest BCUT2D eigenvalue weighted by Crippen LogP contribution is -2.16. The van der Waals surface area contributed by atoms with E-state index in [2.05, 4.69) is 0 Å². The summed E-state index contributed by atoms with van der Waals surface area (Å²) in [7, 11) is -2.90. The lowest BCUT2D eigenvalue weighted by atomic mass is 10.3. The highest BCUT2D eigenvalue weighted by Crippen LogP contribution is 2.29. The Balaban J connectivity index is 2.45. The molecule has 0 amide bonds. The van der Waals surface area contributed by atoms with Crippen LogP contribution in [-0.4, -0.2) is 20.8 Å². The van der Waals surface area contributed by atoms with Crippen molar-refractivity contribution < 1.29 is 16.8 Å². The topological polar surface area (TPSA) is 73.2 Å². The molecule has 3 aromatic rings. The zero-order chi connectivity index (χ0) is 16.0. The zero-order valence-electron chi connectivity index (χ0n) is 11.0. The Labute approximate surface area is 132 Å². The van der Waals surface area contributed by atoms with Crippen molar-refractivity contribution in [1.82, 2.24) is 3.97 Å². The number of aromatic nitrogens is 1. The molecule has 0 radical (unpaired) electrons. The molecular weight excluding hydrogens is 346 g/mol. The average molecular weight is 356 g/mol. The van der Waals surface area contributed by atoms with Crippen molar-refractivity contribution in [2.45, 2.75) is 9.92 Å². The van der Waals surface area contributed by atoms with E-state index in [9.17, 15) is 16.8 Å². The minimum atomic E-state index is -4.23. The molecule has 1 heterocycles. The van der Waals surface area contributed by atoms with E-state index in [4.69, 9.17) is 10.7 Å². The highest BCUT2D eigenvalue weighted by atomic mass is 35.7. The van der Waals surface area contributed by atoms with Crippen LogP contribution in [0, 0.1) is 0 Å². The van der Waals surface area contributed by atoms with Gasteiger partial charge >= 0.3 is 0 Å². The fraction of sp³-hybridized carbons (Fsp3) is 0. The Kier molecular flexibility index (Phi) is 3.51. The second kappa shape index (κ2) is 5.12. The van der Waals surface area contributed by atoms with Gasteiger partial charge in [0.1, 0.15) is 0 Å². The second-order valence-electron chi connectivity index (χ2n) is 4.56. The number of rotatable bonds is 3. The van der Waals surface area contributed by atoms with Crippen molar-refractivity contribution in [3.63, 3.8) is 0 Å². The first-order chi connectivity index (χ1) is 10.3. The molecule has 0 aliphatic rings. The van der Waals surface area contributed by atoms with Crippen LogP contribution in [0.5, 0.6) is 0 Å². The number of hydrogen-bond acceptors (Lipinski definition) is 4. The maximum Gasteiger partial charge on any atom is 0.277 e. The molecule has 3 rings (SSSR count). The predicted octanol–water partition coefficient (Wildman–Crippen LogP) is 2.81. The van der Waals surface area contributed by atoms with E-state index in [1.54, 1.807) is 36.4 Å². The summed E-state index contributed by atoms with van der Waals surface area (Å²) >= 11 is 0. The molecule has 0 fully saturated rings. The summed E-state index contributed by atoms with van der Waals surface area (Å²) < 4.78 is 50.0. The summed E-state index contributed by atoms with van der Waals surface area (Å²) in [6.07, 6.45) is 0. The molecule has 5 nitrogen and oxygen atoms in total. The Bertz CT molecular complexity index is 1050. The lowest BCUT2D eigenvalue weighted by molar-refractivity contribution is 0.578. The van der Waals surface area contributed by atoms with E-state index < -0.39 is 24.1 Å². The number of hydrogen-bond donors (Lipinski definition) is 0. The van der Waals surface area contributed by atoms with Crippen LogP contribution in [0.4, 0.5) is 0 Å². The highest BCUT2D eigenvalue weighted by Gasteiger charge is 2.28. The largest absolute Gasteiger partial charge is 0.277 e. The predicted molar refractivity (Wildman–Crippen MR) is 84.0 cm³/mol. The van der Waals surface area contributed by atoms with Crippen LogP contribution in [-0.2, 0) is 19.1 Å². The summed E-state index contributed by atoms with van der Waals surface area (Å²) in [5.74, 6) is 0. The van der Waals surface area contributed by atoms with Crippen LogP contribution < -0.4 is 0 Å². The maximum atomic E-state index is 12.8. The first-order valence-electron chi connectivity index (χ1n) is 6.17. The number of benzene rings is 2. The van der Waals surface area contributed by atoms with Gasteiger partial charge in [0.25, 0.3) is 19.1 Å². The summed E-state index contributed by atoms with van der Waals surface area (Å²) in [5.41, 5.74) is 0.255. The Morgan fingerprint density at radius 3 is 2.05 bits per heavy atom. The van der Waals surface area contributed by atoms with Gasteiger partial charge in [0.05, 0.1) is 10.4 Å². The van der Waals surface area contributed by atoms with Crippen molar-refractivity contribution in [3.05, 3.63) is 60.7 Å². The van der Waals surface area contributed by atoms with Crippen molar-refractivity contribution in [2.75, 3.05) is 0 Å². The Morgan fingerprint density at radius 2 is 1.41 bits per heavy atom. The van der Waals surface area contributed by atoms with Gasteiger partial charge in [-0.15, -0.1) is 0 Å². The van der Waals surface area contributed by atoms with Crippen LogP contribution in [0.15, 0.2) is 70.6 Å². The molecule has 0 bridgehead atoms. The average Bonchev–Trinajstić information content (AvgIpc) is 2.88. The Hall–Kier alpha value is -1.83. The van der Waals surface area contributed by atoms with E-state index in [0.717, 1.165) is 3.97 Å². The van der Waals surface area contributed by atoms with E-state index in [1.807, 2.05) is 0 Å². The highest BCUT2D eigenvalue weighted by molar-refractivity contribution is 8.14. The van der Waals surface area contributed by atoms with Crippen LogP contribution in [0.3, 0.4) is 0 Å². The molecule has 114 valence electrons. The van der Waals surface area contributed by atoms with Crippen LogP contribution in [0.25, 0.3) is 10.9 Å². The quantitative estimate of drug-likeness (QED) is 0.677. The minimum absolute atomic E-state index is 0.0158. The molecule has 0 unspecified atom stereocenters. The molecule has 0 spiro atoms. The van der Waals surface area contributed by atoms with Crippen LogP contribution in [0.2, 0.25) is 0 Å². The fourth-order valence-electron chi connectivity index (χ4n) is 2.22. The third-order valence-corrected chi connectivity index (χ3v) is 6.30. The van der Waals surface area contributed by atoms with Crippen molar-refractivity contribution >= 4 is 40.7 Å². The van der Waals surface area contributed by atoms with Gasteiger partial charge in [0.15, 0.2) is 5.03 Å². The van der Waals surface area contributed by atoms with E-state index in [1.165, 1.54) is 24.3 Å².